The molecule has 6 nitrogen and oxygen atoms in total. The second kappa shape index (κ2) is 24.2. The first-order valence-corrected chi connectivity index (χ1v) is 38.0. The summed E-state index contributed by atoms with van der Waals surface area (Å²) >= 11 is 0. The van der Waals surface area contributed by atoms with Gasteiger partial charge in [-0.15, -0.1) is 0 Å². The summed E-state index contributed by atoms with van der Waals surface area (Å²) in [6.07, 6.45) is 0. The van der Waals surface area contributed by atoms with Crippen LogP contribution in [0.2, 0.25) is 0 Å². The fourth-order valence-electron chi connectivity index (χ4n) is 19.2. The van der Waals surface area contributed by atoms with Crippen LogP contribution in [-0.2, 0) is 10.8 Å². The molecule has 0 unspecified atom stereocenters. The van der Waals surface area contributed by atoms with Gasteiger partial charge in [-0.3, -0.25) is 0 Å². The maximum absolute atomic E-state index is 8.00. The molecule has 1 aliphatic carbocycles. The zero-order valence-electron chi connectivity index (χ0n) is 60.6. The first-order chi connectivity index (χ1) is 53.8. The molecule has 8 heteroatoms. The van der Waals surface area contributed by atoms with Crippen molar-refractivity contribution in [2.75, 3.05) is 24.5 Å². The topological polar surface area (TPSA) is 25.4 Å². The molecule has 22 rings (SSSR count). The van der Waals surface area contributed by atoms with E-state index in [9.17, 15) is 0 Å². The Morgan fingerprint density at radius 1 is 0.275 bits per heavy atom. The molecule has 0 amide bonds. The minimum Gasteiger partial charge on any atom is -0.458 e. The van der Waals surface area contributed by atoms with E-state index in [2.05, 4.69) is 421 Å². The normalized spacial score (nSPS) is 13.9. The Kier molecular flexibility index (Phi) is 14.0. The quantitative estimate of drug-likeness (QED) is 0.134. The third kappa shape index (κ3) is 9.31. The van der Waals surface area contributed by atoms with Crippen LogP contribution >= 0.6 is 0 Å². The van der Waals surface area contributed by atoms with E-state index in [4.69, 9.17) is 4.74 Å². The van der Waals surface area contributed by atoms with Crippen molar-refractivity contribution in [3.8, 4) is 44.9 Å². The minimum absolute atomic E-state index is 0.228. The summed E-state index contributed by atoms with van der Waals surface area (Å²) in [5, 5.41) is 0. The van der Waals surface area contributed by atoms with Gasteiger partial charge in [0.15, 0.2) is 0 Å². The van der Waals surface area contributed by atoms with Gasteiger partial charge in [0, 0.05) is 85.8 Å². The molecule has 0 bridgehead atoms. The van der Waals surface area contributed by atoms with Gasteiger partial charge in [0.25, 0.3) is 13.4 Å². The summed E-state index contributed by atoms with van der Waals surface area (Å²) in [7, 11) is 0. The van der Waals surface area contributed by atoms with Crippen LogP contribution in [-0.4, -0.2) is 13.4 Å². The van der Waals surface area contributed by atoms with Gasteiger partial charge in [0.1, 0.15) is 11.5 Å². The van der Waals surface area contributed by atoms with Crippen LogP contribution in [0.15, 0.2) is 376 Å². The number of hydrogen-bond donors (Lipinski definition) is 0. The van der Waals surface area contributed by atoms with E-state index in [0.29, 0.717) is 0 Å². The average Bonchev–Trinajstić information content (AvgIpc) is 1.63. The highest BCUT2D eigenvalue weighted by Gasteiger charge is 2.56. The predicted molar refractivity (Wildman–Crippen MR) is 456 cm³/mol. The predicted octanol–water partition coefficient (Wildman–Crippen LogP) is 22.4. The monoisotopic (exact) mass is 1390 g/mol. The van der Waals surface area contributed by atoms with Gasteiger partial charge in [0.2, 0.25) is 0 Å². The van der Waals surface area contributed by atoms with Crippen molar-refractivity contribution in [3.63, 3.8) is 0 Å². The molecule has 16 aromatic rings. The molecule has 0 aromatic heterocycles. The van der Waals surface area contributed by atoms with Crippen LogP contribution in [0, 0.1) is 0 Å². The second-order valence-corrected chi connectivity index (χ2v) is 30.6. The number of hydrogen-bond acceptors (Lipinski definition) is 6. The summed E-state index contributed by atoms with van der Waals surface area (Å²) < 4.78 is 8.00. The molecular weight excluding hydrogens is 1320 g/mol. The number of para-hydroxylation sites is 8. The van der Waals surface area contributed by atoms with Crippen molar-refractivity contribution in [2.45, 2.75) is 31.6 Å². The minimum atomic E-state index is -0.901. The highest BCUT2D eigenvalue weighted by atomic mass is 16.5. The largest absolute Gasteiger partial charge is 0.458 e. The summed E-state index contributed by atoms with van der Waals surface area (Å²) in [5.74, 6) is 1.63. The van der Waals surface area contributed by atoms with Crippen molar-refractivity contribution >= 4 is 132 Å². The number of nitrogens with zero attached hydrogens (tertiary/aromatic N) is 5. The Hall–Kier alpha value is -13.6. The van der Waals surface area contributed by atoms with Gasteiger partial charge in [-0.2, -0.15) is 0 Å². The first kappa shape index (κ1) is 62.8. The van der Waals surface area contributed by atoms with Crippen LogP contribution in [0.5, 0.6) is 11.5 Å². The molecule has 109 heavy (non-hydrogen) atoms. The lowest BCUT2D eigenvalue weighted by Gasteiger charge is -2.49. The Labute approximate surface area is 637 Å². The van der Waals surface area contributed by atoms with E-state index in [0.717, 1.165) is 119 Å². The highest BCUT2D eigenvalue weighted by molar-refractivity contribution is 7.01. The summed E-state index contributed by atoms with van der Waals surface area (Å²) in [4.78, 5) is 12.7. The van der Waals surface area contributed by atoms with E-state index in [1.165, 1.54) is 72.2 Å². The Bertz CT molecular complexity index is 6210. The van der Waals surface area contributed by atoms with Crippen molar-refractivity contribution in [3.05, 3.63) is 404 Å². The lowest BCUT2D eigenvalue weighted by Crippen LogP contribution is -2.62. The van der Waals surface area contributed by atoms with E-state index in [-0.39, 0.29) is 18.8 Å². The highest BCUT2D eigenvalue weighted by Crippen LogP contribution is 2.65. The van der Waals surface area contributed by atoms with Crippen molar-refractivity contribution in [1.82, 2.24) is 0 Å². The number of fused-ring (bicyclic) bond motifs is 17. The lowest BCUT2D eigenvalue weighted by atomic mass is 9.33. The molecule has 5 heterocycles. The zero-order valence-corrected chi connectivity index (χ0v) is 60.6. The van der Waals surface area contributed by atoms with Crippen LogP contribution in [0.1, 0.15) is 48.6 Å². The first-order valence-electron chi connectivity index (χ1n) is 38.0. The van der Waals surface area contributed by atoms with Gasteiger partial charge in [0.05, 0.1) is 28.2 Å². The van der Waals surface area contributed by atoms with Gasteiger partial charge in [-0.25, -0.2) is 0 Å². The van der Waals surface area contributed by atoms with Crippen LogP contribution in [0.4, 0.5) is 85.3 Å². The van der Waals surface area contributed by atoms with E-state index >= 15 is 0 Å². The van der Waals surface area contributed by atoms with Gasteiger partial charge in [-0.1, -0.05) is 288 Å². The molecule has 5 aliphatic heterocycles. The number of ether oxygens (including phenoxy) is 1. The molecule has 512 valence electrons. The van der Waals surface area contributed by atoms with Gasteiger partial charge >= 0.3 is 0 Å². The molecule has 0 fully saturated rings. The van der Waals surface area contributed by atoms with E-state index in [1.54, 1.807) is 0 Å². The van der Waals surface area contributed by atoms with Crippen LogP contribution in [0.3, 0.4) is 0 Å². The summed E-state index contributed by atoms with van der Waals surface area (Å²) in [6, 6.07) is 141. The zero-order chi connectivity index (χ0) is 72.2. The van der Waals surface area contributed by atoms with E-state index < -0.39 is 5.41 Å². The summed E-state index contributed by atoms with van der Waals surface area (Å²) in [6.45, 7) is 6.63. The fourth-order valence-corrected chi connectivity index (χ4v) is 19.2. The molecule has 0 saturated carbocycles. The maximum Gasteiger partial charge on any atom is 0.256 e. The Balaban J connectivity index is 0.882. The third-order valence-electron chi connectivity index (χ3n) is 23.7. The lowest BCUT2D eigenvalue weighted by molar-refractivity contribution is 0.487. The number of benzene rings is 16. The molecule has 0 N–H and O–H groups in total. The average molecular weight is 1390 g/mol. The fraction of sp³-hybridized carbons (Fsp3) is 0.0495. The Morgan fingerprint density at radius 3 is 1.19 bits per heavy atom. The molecular formula is C101H71B2N5O. The second-order valence-electron chi connectivity index (χ2n) is 30.6. The van der Waals surface area contributed by atoms with Crippen molar-refractivity contribution in [2.24, 2.45) is 0 Å². The molecule has 0 atom stereocenters. The van der Waals surface area contributed by atoms with Crippen LogP contribution in [0.25, 0.3) is 33.4 Å². The molecule has 16 aromatic carbocycles. The molecule has 1 spiro atoms. The molecule has 0 radical (unpaired) electrons. The molecule has 0 saturated heterocycles. The van der Waals surface area contributed by atoms with Crippen LogP contribution < -0.4 is 62.0 Å². The van der Waals surface area contributed by atoms with Gasteiger partial charge < -0.3 is 29.2 Å². The van der Waals surface area contributed by atoms with E-state index in [1.807, 2.05) is 0 Å². The third-order valence-corrected chi connectivity index (χ3v) is 23.7. The van der Waals surface area contributed by atoms with Gasteiger partial charge in [-0.05, 0) is 185 Å². The SMILES string of the molecule is CC(C)(C)c1cc2c3c(c1)N(c1c(-c4ccccc4)cccc1-c1ccccc1)c1cc4c(cc1B3c1ccccc1N2c1ccccc1)C1(c2ccccc2-c2ccccc21)c1cc2c(cc1N4c1ccccc1)Oc1cc(N(c3ccccc3)c3ccccc3)cc3c1B2c1ccccc1N3c1ccccc1. The molecule has 6 aliphatic rings. The number of rotatable bonds is 9. The standard InChI is InChI=1S/C101H71B2N5O/c1-100(2,3)68-58-92-97-93(59-68)108(99-75(66-34-11-4-12-35-66)50-33-51-76(99)67-36-13-5-14-37-67)91-64-89-81(62-85(91)102(97)83-54-29-31-56-87(83)105(92)71-42-19-8-20-43-71)101(79-52-27-25-48-77(79)78-49-26-28-53-80(78)101)82-63-86-95(65-90(82)107(89)73-46-23-10-24-47-73)109-96-61-74(104(69-38-15-6-16-39-69)70-40-17-7-18-41-70)60-94-98(96)103(86)84-55-30-32-57-88(84)106(94)72-44-21-9-22-45-72/h4-65H,1-3H3. The summed E-state index contributed by atoms with van der Waals surface area (Å²) in [5.41, 5.74) is 35.6. The maximum atomic E-state index is 8.00. The smallest absolute Gasteiger partial charge is 0.256 e. The Morgan fingerprint density at radius 2 is 0.679 bits per heavy atom. The number of anilines is 15. The van der Waals surface area contributed by atoms with Crippen molar-refractivity contribution in [1.29, 1.82) is 0 Å². The van der Waals surface area contributed by atoms with Crippen molar-refractivity contribution < 1.29 is 4.74 Å².